The van der Waals surface area contributed by atoms with E-state index in [1.54, 1.807) is 11.3 Å². The van der Waals surface area contributed by atoms with E-state index in [2.05, 4.69) is 46.4 Å². The Morgan fingerprint density at radius 3 is 2.86 bits per heavy atom. The molecule has 1 unspecified atom stereocenters. The number of nitrogens with one attached hydrogen (secondary N) is 1. The van der Waals surface area contributed by atoms with Crippen molar-refractivity contribution in [1.29, 1.82) is 0 Å². The number of thiophene rings is 1. The van der Waals surface area contributed by atoms with Gasteiger partial charge in [0.25, 0.3) is 0 Å². The Kier molecular flexibility index (Phi) is 5.96. The highest BCUT2D eigenvalue weighted by Gasteiger charge is 2.17. The summed E-state index contributed by atoms with van der Waals surface area (Å²) in [6.07, 6.45) is 0.337. The van der Waals surface area contributed by atoms with Gasteiger partial charge in [0.15, 0.2) is 0 Å². The van der Waals surface area contributed by atoms with E-state index in [-0.39, 0.29) is 12.0 Å². The minimum absolute atomic E-state index is 0.0162. The van der Waals surface area contributed by atoms with E-state index in [1.807, 2.05) is 17.5 Å². The minimum Gasteiger partial charge on any atom is -0.469 e. The topological polar surface area (TPSA) is 38.3 Å². The van der Waals surface area contributed by atoms with E-state index in [0.717, 1.165) is 9.35 Å². The molecule has 1 atom stereocenters. The SMILES string of the molecule is COC(=O)CC(NCc1ccc(C)c(Br)c1)c1cccs1. The van der Waals surface area contributed by atoms with Crippen LogP contribution in [-0.4, -0.2) is 13.1 Å². The smallest absolute Gasteiger partial charge is 0.307 e. The van der Waals surface area contributed by atoms with Gasteiger partial charge < -0.3 is 10.1 Å². The second-order valence-corrected chi connectivity index (χ2v) is 6.65. The van der Waals surface area contributed by atoms with Crippen LogP contribution in [0.1, 0.15) is 28.5 Å². The van der Waals surface area contributed by atoms with Crippen LogP contribution in [0.2, 0.25) is 0 Å². The van der Waals surface area contributed by atoms with E-state index in [0.29, 0.717) is 13.0 Å². The maximum absolute atomic E-state index is 11.6. The number of esters is 1. The van der Waals surface area contributed by atoms with Crippen LogP contribution in [0.3, 0.4) is 0 Å². The molecule has 0 saturated heterocycles. The highest BCUT2D eigenvalue weighted by Crippen LogP contribution is 2.24. The molecule has 0 bridgehead atoms. The van der Waals surface area contributed by atoms with E-state index >= 15 is 0 Å². The molecule has 21 heavy (non-hydrogen) atoms. The van der Waals surface area contributed by atoms with Gasteiger partial charge in [-0.15, -0.1) is 11.3 Å². The molecule has 0 aliphatic carbocycles. The summed E-state index contributed by atoms with van der Waals surface area (Å²) < 4.78 is 5.88. The summed E-state index contributed by atoms with van der Waals surface area (Å²) in [5, 5.41) is 5.46. The van der Waals surface area contributed by atoms with Crippen molar-refractivity contribution < 1.29 is 9.53 Å². The van der Waals surface area contributed by atoms with Crippen molar-refractivity contribution in [1.82, 2.24) is 5.32 Å². The van der Waals surface area contributed by atoms with Crippen LogP contribution in [0, 0.1) is 6.92 Å². The van der Waals surface area contributed by atoms with Gasteiger partial charge in [0.1, 0.15) is 0 Å². The van der Waals surface area contributed by atoms with Gasteiger partial charge in [-0.2, -0.15) is 0 Å². The van der Waals surface area contributed by atoms with E-state index in [4.69, 9.17) is 4.74 Å². The normalized spacial score (nSPS) is 12.1. The predicted molar refractivity (Wildman–Crippen MR) is 89.4 cm³/mol. The Hall–Kier alpha value is -1.17. The molecule has 0 aliphatic rings. The van der Waals surface area contributed by atoms with Gasteiger partial charge in [0.05, 0.1) is 19.6 Å². The minimum atomic E-state index is -0.203. The van der Waals surface area contributed by atoms with Crippen molar-refractivity contribution in [3.05, 3.63) is 56.2 Å². The average molecular weight is 368 g/mol. The number of carbonyl (C=O) groups excluding carboxylic acids is 1. The first-order valence-electron chi connectivity index (χ1n) is 6.68. The highest BCUT2D eigenvalue weighted by atomic mass is 79.9. The van der Waals surface area contributed by atoms with Crippen LogP contribution in [0.25, 0.3) is 0 Å². The highest BCUT2D eigenvalue weighted by molar-refractivity contribution is 9.10. The molecule has 3 nitrogen and oxygen atoms in total. The van der Waals surface area contributed by atoms with Crippen molar-refractivity contribution in [3.8, 4) is 0 Å². The van der Waals surface area contributed by atoms with Gasteiger partial charge in [-0.05, 0) is 35.6 Å². The molecular formula is C16H18BrNO2S. The summed E-state index contributed by atoms with van der Waals surface area (Å²) in [4.78, 5) is 12.7. The summed E-state index contributed by atoms with van der Waals surface area (Å²) in [7, 11) is 1.42. The molecule has 1 N–H and O–H groups in total. The lowest BCUT2D eigenvalue weighted by atomic mass is 10.1. The average Bonchev–Trinajstić information content (AvgIpc) is 3.00. The molecule has 112 valence electrons. The molecule has 1 aromatic carbocycles. The zero-order valence-corrected chi connectivity index (χ0v) is 14.5. The summed E-state index contributed by atoms with van der Waals surface area (Å²) >= 11 is 5.19. The first kappa shape index (κ1) is 16.2. The summed E-state index contributed by atoms with van der Waals surface area (Å²) in [6.45, 7) is 2.77. The Morgan fingerprint density at radius 1 is 1.43 bits per heavy atom. The number of hydrogen-bond donors (Lipinski definition) is 1. The summed E-state index contributed by atoms with van der Waals surface area (Å²) in [5.41, 5.74) is 2.39. The summed E-state index contributed by atoms with van der Waals surface area (Å²) in [5.74, 6) is -0.203. The lowest BCUT2D eigenvalue weighted by molar-refractivity contribution is -0.141. The van der Waals surface area contributed by atoms with Crippen molar-refractivity contribution in [3.63, 3.8) is 0 Å². The Bertz CT molecular complexity index is 598. The van der Waals surface area contributed by atoms with Gasteiger partial charge in [0.2, 0.25) is 0 Å². The predicted octanol–water partition coefficient (Wildman–Crippen LogP) is 4.21. The molecule has 5 heteroatoms. The van der Waals surface area contributed by atoms with E-state index in [9.17, 15) is 4.79 Å². The van der Waals surface area contributed by atoms with Gasteiger partial charge in [0, 0.05) is 15.9 Å². The number of hydrogen-bond acceptors (Lipinski definition) is 4. The first-order chi connectivity index (χ1) is 10.1. The van der Waals surface area contributed by atoms with Gasteiger partial charge in [-0.25, -0.2) is 0 Å². The number of ether oxygens (including phenoxy) is 1. The maximum atomic E-state index is 11.6. The van der Waals surface area contributed by atoms with E-state index < -0.39 is 0 Å². The first-order valence-corrected chi connectivity index (χ1v) is 8.36. The third-order valence-corrected chi connectivity index (χ3v) is 5.11. The fourth-order valence-corrected chi connectivity index (χ4v) is 3.23. The molecule has 1 heterocycles. The molecule has 2 rings (SSSR count). The lowest BCUT2D eigenvalue weighted by Gasteiger charge is -2.16. The second-order valence-electron chi connectivity index (χ2n) is 4.81. The molecule has 1 aromatic heterocycles. The Morgan fingerprint density at radius 2 is 2.24 bits per heavy atom. The van der Waals surface area contributed by atoms with Crippen molar-refractivity contribution >= 4 is 33.2 Å². The quantitative estimate of drug-likeness (QED) is 0.777. The molecule has 0 spiro atoms. The van der Waals surface area contributed by atoms with Crippen LogP contribution in [0.5, 0.6) is 0 Å². The van der Waals surface area contributed by atoms with E-state index in [1.165, 1.54) is 18.2 Å². The van der Waals surface area contributed by atoms with Crippen LogP contribution in [0.15, 0.2) is 40.2 Å². The number of methoxy groups -OCH3 is 1. The third kappa shape index (κ3) is 4.66. The molecule has 0 radical (unpaired) electrons. The zero-order valence-electron chi connectivity index (χ0n) is 12.1. The molecular weight excluding hydrogens is 350 g/mol. The van der Waals surface area contributed by atoms with Crippen molar-refractivity contribution in [2.24, 2.45) is 0 Å². The zero-order chi connectivity index (χ0) is 15.2. The lowest BCUT2D eigenvalue weighted by Crippen LogP contribution is -2.23. The maximum Gasteiger partial charge on any atom is 0.307 e. The molecule has 0 aliphatic heterocycles. The number of carbonyl (C=O) groups is 1. The largest absolute Gasteiger partial charge is 0.469 e. The standard InChI is InChI=1S/C16H18BrNO2S/c1-11-5-6-12(8-13(11)17)10-18-14(9-16(19)20-2)15-4-3-7-21-15/h3-8,14,18H,9-10H2,1-2H3. The molecule has 0 saturated carbocycles. The third-order valence-electron chi connectivity index (χ3n) is 3.27. The van der Waals surface area contributed by atoms with Crippen molar-refractivity contribution in [2.45, 2.75) is 25.9 Å². The van der Waals surface area contributed by atoms with Crippen molar-refractivity contribution in [2.75, 3.05) is 7.11 Å². The van der Waals surface area contributed by atoms with Gasteiger partial charge in [-0.1, -0.05) is 34.1 Å². The molecule has 2 aromatic rings. The van der Waals surface area contributed by atoms with Crippen LogP contribution < -0.4 is 5.32 Å². The fraction of sp³-hybridized carbons (Fsp3) is 0.312. The van der Waals surface area contributed by atoms with Crippen LogP contribution >= 0.6 is 27.3 Å². The van der Waals surface area contributed by atoms with Gasteiger partial charge in [-0.3, -0.25) is 4.79 Å². The molecule has 0 amide bonds. The number of aryl methyl sites for hydroxylation is 1. The fourth-order valence-electron chi connectivity index (χ4n) is 2.00. The van der Waals surface area contributed by atoms with Gasteiger partial charge >= 0.3 is 5.97 Å². The number of rotatable bonds is 6. The number of halogens is 1. The molecule has 0 fully saturated rings. The monoisotopic (exact) mass is 367 g/mol. The van der Waals surface area contributed by atoms with Crippen LogP contribution in [0.4, 0.5) is 0 Å². The second kappa shape index (κ2) is 7.73. The number of benzene rings is 1. The van der Waals surface area contributed by atoms with Crippen LogP contribution in [-0.2, 0) is 16.1 Å². The summed E-state index contributed by atoms with van der Waals surface area (Å²) in [6, 6.07) is 10.3. The Balaban J connectivity index is 2.04. The Labute approximate surface area is 137 Å².